The van der Waals surface area contributed by atoms with E-state index in [4.69, 9.17) is 0 Å². The molecule has 1 aliphatic carbocycles. The van der Waals surface area contributed by atoms with E-state index < -0.39 is 0 Å². The fourth-order valence-electron chi connectivity index (χ4n) is 3.08. The van der Waals surface area contributed by atoms with Gasteiger partial charge in [0.2, 0.25) is 5.91 Å². The van der Waals surface area contributed by atoms with Crippen molar-refractivity contribution in [3.63, 3.8) is 0 Å². The third-order valence-corrected chi connectivity index (χ3v) is 5.14. The van der Waals surface area contributed by atoms with E-state index in [1.807, 2.05) is 0 Å². The van der Waals surface area contributed by atoms with Gasteiger partial charge in [0.15, 0.2) is 0 Å². The van der Waals surface area contributed by atoms with Gasteiger partial charge >= 0.3 is 0 Å². The first kappa shape index (κ1) is 11.9. The molecule has 0 aromatic carbocycles. The van der Waals surface area contributed by atoms with Gasteiger partial charge in [-0.2, -0.15) is 0 Å². The van der Waals surface area contributed by atoms with E-state index in [9.17, 15) is 4.79 Å². The largest absolute Gasteiger partial charge is 0.352 e. The molecular weight excluding hydrogens is 200 g/mol. The van der Waals surface area contributed by atoms with E-state index in [1.54, 1.807) is 0 Å². The first-order valence-electron chi connectivity index (χ1n) is 6.36. The van der Waals surface area contributed by atoms with Crippen LogP contribution in [0.25, 0.3) is 0 Å². The minimum Gasteiger partial charge on any atom is -0.352 e. The van der Waals surface area contributed by atoms with Crippen LogP contribution < -0.4 is 10.6 Å². The van der Waals surface area contributed by atoms with Gasteiger partial charge in [0.1, 0.15) is 0 Å². The van der Waals surface area contributed by atoms with Crippen molar-refractivity contribution in [1.82, 2.24) is 10.6 Å². The standard InChI is InChI=1S/C13H24N2O/c1-12(2)10(13(12,3)4)8-14-7-9-5-6-11(16)15-9/h9-10,14H,5-8H2,1-4H3,(H,15,16). The summed E-state index contributed by atoms with van der Waals surface area (Å²) in [5.74, 6) is 0.969. The predicted molar refractivity (Wildman–Crippen MR) is 65.1 cm³/mol. The van der Waals surface area contributed by atoms with Gasteiger partial charge in [-0.15, -0.1) is 0 Å². The molecule has 2 rings (SSSR count). The highest BCUT2D eigenvalue weighted by Gasteiger charge is 2.63. The van der Waals surface area contributed by atoms with Crippen molar-refractivity contribution in [1.29, 1.82) is 0 Å². The zero-order valence-corrected chi connectivity index (χ0v) is 10.9. The van der Waals surface area contributed by atoms with Crippen molar-refractivity contribution in [2.75, 3.05) is 13.1 Å². The van der Waals surface area contributed by atoms with Crippen molar-refractivity contribution in [3.8, 4) is 0 Å². The zero-order valence-electron chi connectivity index (χ0n) is 10.9. The molecule has 2 aliphatic rings. The summed E-state index contributed by atoms with van der Waals surface area (Å²) in [5.41, 5.74) is 0.915. The summed E-state index contributed by atoms with van der Waals surface area (Å²) in [7, 11) is 0. The molecule has 2 fully saturated rings. The molecule has 1 heterocycles. The second-order valence-electron chi connectivity index (χ2n) is 6.46. The Balaban J connectivity index is 1.68. The molecule has 0 aromatic rings. The smallest absolute Gasteiger partial charge is 0.220 e. The molecule has 16 heavy (non-hydrogen) atoms. The molecule has 1 unspecified atom stereocenters. The average Bonchev–Trinajstić information content (AvgIpc) is 2.53. The average molecular weight is 224 g/mol. The van der Waals surface area contributed by atoms with Crippen molar-refractivity contribution < 1.29 is 4.79 Å². The lowest BCUT2D eigenvalue weighted by Gasteiger charge is -2.11. The zero-order chi connectivity index (χ0) is 12.0. The third-order valence-electron chi connectivity index (χ3n) is 5.14. The third kappa shape index (κ3) is 1.86. The molecule has 0 bridgehead atoms. The molecule has 1 atom stereocenters. The minimum atomic E-state index is 0.207. The van der Waals surface area contributed by atoms with Crippen LogP contribution in [0, 0.1) is 16.7 Å². The summed E-state index contributed by atoms with van der Waals surface area (Å²) >= 11 is 0. The molecule has 92 valence electrons. The molecule has 3 nitrogen and oxygen atoms in total. The van der Waals surface area contributed by atoms with E-state index in [0.29, 0.717) is 23.3 Å². The van der Waals surface area contributed by atoms with E-state index in [2.05, 4.69) is 38.3 Å². The summed E-state index contributed by atoms with van der Waals surface area (Å²) < 4.78 is 0. The number of rotatable bonds is 4. The summed E-state index contributed by atoms with van der Waals surface area (Å²) in [6, 6.07) is 0.359. The van der Waals surface area contributed by atoms with E-state index >= 15 is 0 Å². The molecule has 0 radical (unpaired) electrons. The fourth-order valence-corrected chi connectivity index (χ4v) is 3.08. The van der Waals surface area contributed by atoms with Crippen molar-refractivity contribution in [2.45, 2.75) is 46.6 Å². The van der Waals surface area contributed by atoms with Crippen LogP contribution in [-0.4, -0.2) is 25.0 Å². The fraction of sp³-hybridized carbons (Fsp3) is 0.923. The molecule has 0 spiro atoms. The van der Waals surface area contributed by atoms with Gasteiger partial charge in [-0.1, -0.05) is 27.7 Å². The molecule has 1 aliphatic heterocycles. The summed E-state index contributed by atoms with van der Waals surface area (Å²) in [4.78, 5) is 11.0. The number of carbonyl (C=O) groups excluding carboxylic acids is 1. The number of nitrogens with one attached hydrogen (secondary N) is 2. The number of carbonyl (C=O) groups is 1. The highest BCUT2D eigenvalue weighted by atomic mass is 16.1. The maximum atomic E-state index is 11.0. The molecule has 1 saturated carbocycles. The monoisotopic (exact) mass is 224 g/mol. The Bertz CT molecular complexity index is 282. The highest BCUT2D eigenvalue weighted by Crippen LogP contribution is 2.67. The maximum Gasteiger partial charge on any atom is 0.220 e. The van der Waals surface area contributed by atoms with Crippen LogP contribution in [0.3, 0.4) is 0 Å². The Labute approximate surface area is 98.4 Å². The van der Waals surface area contributed by atoms with Gasteiger partial charge < -0.3 is 10.6 Å². The Morgan fingerprint density at radius 1 is 1.25 bits per heavy atom. The topological polar surface area (TPSA) is 41.1 Å². The molecular formula is C13H24N2O. The lowest BCUT2D eigenvalue weighted by Crippen LogP contribution is -2.36. The van der Waals surface area contributed by atoms with Crippen molar-refractivity contribution in [2.24, 2.45) is 16.7 Å². The van der Waals surface area contributed by atoms with Gasteiger partial charge in [-0.3, -0.25) is 4.79 Å². The Hall–Kier alpha value is -0.570. The first-order valence-corrected chi connectivity index (χ1v) is 6.36. The molecule has 1 amide bonds. The molecule has 2 N–H and O–H groups in total. The van der Waals surface area contributed by atoms with Gasteiger partial charge in [-0.25, -0.2) is 0 Å². The van der Waals surface area contributed by atoms with Crippen LogP contribution in [0.2, 0.25) is 0 Å². The van der Waals surface area contributed by atoms with Gasteiger partial charge in [0.05, 0.1) is 0 Å². The quantitative estimate of drug-likeness (QED) is 0.760. The van der Waals surface area contributed by atoms with Crippen molar-refractivity contribution >= 4 is 5.91 Å². The Morgan fingerprint density at radius 3 is 2.31 bits per heavy atom. The second kappa shape index (κ2) is 3.73. The number of hydrogen-bond acceptors (Lipinski definition) is 2. The lowest BCUT2D eigenvalue weighted by atomic mass is 10.0. The van der Waals surface area contributed by atoms with Gasteiger partial charge in [-0.05, 0) is 29.7 Å². The number of hydrogen-bond donors (Lipinski definition) is 2. The number of amides is 1. The SMILES string of the molecule is CC1(C)C(CNCC2CCC(=O)N2)C1(C)C. The molecule has 0 aromatic heterocycles. The minimum absolute atomic E-state index is 0.207. The first-order chi connectivity index (χ1) is 7.35. The van der Waals surface area contributed by atoms with E-state index in [-0.39, 0.29) is 5.91 Å². The van der Waals surface area contributed by atoms with Crippen LogP contribution in [0.15, 0.2) is 0 Å². The van der Waals surface area contributed by atoms with Gasteiger partial charge in [0, 0.05) is 19.0 Å². The summed E-state index contributed by atoms with van der Waals surface area (Å²) in [6.45, 7) is 11.4. The van der Waals surface area contributed by atoms with Crippen LogP contribution in [0.1, 0.15) is 40.5 Å². The van der Waals surface area contributed by atoms with E-state index in [1.165, 1.54) is 0 Å². The van der Waals surface area contributed by atoms with E-state index in [0.717, 1.165) is 25.4 Å². The molecule has 1 saturated heterocycles. The second-order valence-corrected chi connectivity index (χ2v) is 6.46. The highest BCUT2D eigenvalue weighted by molar-refractivity contribution is 5.78. The lowest BCUT2D eigenvalue weighted by molar-refractivity contribution is -0.119. The summed E-state index contributed by atoms with van der Waals surface area (Å²) in [5, 5.41) is 6.49. The Morgan fingerprint density at radius 2 is 1.88 bits per heavy atom. The summed E-state index contributed by atoms with van der Waals surface area (Å²) in [6.07, 6.45) is 1.69. The maximum absolute atomic E-state index is 11.0. The molecule has 3 heteroatoms. The van der Waals surface area contributed by atoms with Crippen molar-refractivity contribution in [3.05, 3.63) is 0 Å². The Kier molecular flexibility index (Phi) is 2.77. The van der Waals surface area contributed by atoms with Gasteiger partial charge in [0.25, 0.3) is 0 Å². The predicted octanol–water partition coefficient (Wildman–Crippen LogP) is 1.54. The van der Waals surface area contributed by atoms with Crippen LogP contribution >= 0.6 is 0 Å². The van der Waals surface area contributed by atoms with Crippen LogP contribution in [0.4, 0.5) is 0 Å². The van der Waals surface area contributed by atoms with Crippen LogP contribution in [0.5, 0.6) is 0 Å². The normalized spacial score (nSPS) is 31.5. The van der Waals surface area contributed by atoms with Crippen LogP contribution in [-0.2, 0) is 4.79 Å².